The number of benzene rings is 1. The molecule has 0 saturated heterocycles. The summed E-state index contributed by atoms with van der Waals surface area (Å²) in [6.07, 6.45) is 3.47. The van der Waals surface area contributed by atoms with Crippen molar-refractivity contribution in [3.63, 3.8) is 0 Å². The fourth-order valence-electron chi connectivity index (χ4n) is 1.85. The zero-order valence-electron chi connectivity index (χ0n) is 10.3. The van der Waals surface area contributed by atoms with E-state index in [1.54, 1.807) is 13.2 Å². The van der Waals surface area contributed by atoms with Crippen LogP contribution in [0.25, 0.3) is 11.6 Å². The SMILES string of the molecule is COc1ccc2c(c1)/C(=C/CN(C)C)C(F)=C2. The molecule has 0 aromatic heterocycles. The summed E-state index contributed by atoms with van der Waals surface area (Å²) in [5, 5.41) is 0. The van der Waals surface area contributed by atoms with E-state index in [-0.39, 0.29) is 5.83 Å². The molecule has 90 valence electrons. The first-order chi connectivity index (χ1) is 8.11. The molecule has 2 rings (SSSR count). The van der Waals surface area contributed by atoms with Crippen LogP contribution in [0.4, 0.5) is 4.39 Å². The zero-order chi connectivity index (χ0) is 12.4. The Labute approximate surface area is 101 Å². The van der Waals surface area contributed by atoms with Crippen molar-refractivity contribution < 1.29 is 9.13 Å². The van der Waals surface area contributed by atoms with Gasteiger partial charge in [-0.15, -0.1) is 0 Å². The van der Waals surface area contributed by atoms with Crippen LogP contribution in [0.5, 0.6) is 5.75 Å². The summed E-state index contributed by atoms with van der Waals surface area (Å²) in [7, 11) is 5.53. The topological polar surface area (TPSA) is 12.5 Å². The number of halogens is 1. The second kappa shape index (κ2) is 4.72. The van der Waals surface area contributed by atoms with Gasteiger partial charge in [0.1, 0.15) is 11.6 Å². The fourth-order valence-corrected chi connectivity index (χ4v) is 1.85. The first-order valence-electron chi connectivity index (χ1n) is 5.52. The number of hydrogen-bond donors (Lipinski definition) is 0. The molecule has 2 nitrogen and oxygen atoms in total. The number of likely N-dealkylation sites (N-methyl/N-ethyl adjacent to an activating group) is 1. The molecule has 0 unspecified atom stereocenters. The van der Waals surface area contributed by atoms with Gasteiger partial charge in [-0.1, -0.05) is 12.1 Å². The number of rotatable bonds is 3. The van der Waals surface area contributed by atoms with Crippen LogP contribution in [0.1, 0.15) is 11.1 Å². The molecule has 1 aromatic rings. The van der Waals surface area contributed by atoms with Crippen molar-refractivity contribution >= 4 is 11.6 Å². The summed E-state index contributed by atoms with van der Waals surface area (Å²) in [4.78, 5) is 2.00. The molecule has 0 amide bonds. The molecule has 1 aromatic carbocycles. The maximum absolute atomic E-state index is 13.8. The van der Waals surface area contributed by atoms with Crippen LogP contribution in [0, 0.1) is 0 Å². The summed E-state index contributed by atoms with van der Waals surface area (Å²) in [6.45, 7) is 0.716. The molecule has 0 fully saturated rings. The minimum atomic E-state index is -0.171. The molecule has 0 heterocycles. The highest BCUT2D eigenvalue weighted by molar-refractivity contribution is 5.93. The van der Waals surface area contributed by atoms with E-state index < -0.39 is 0 Å². The predicted molar refractivity (Wildman–Crippen MR) is 68.6 cm³/mol. The average molecular weight is 233 g/mol. The van der Waals surface area contributed by atoms with Gasteiger partial charge < -0.3 is 9.64 Å². The summed E-state index contributed by atoms with van der Waals surface area (Å²) in [5.41, 5.74) is 2.48. The number of nitrogens with zero attached hydrogens (tertiary/aromatic N) is 1. The van der Waals surface area contributed by atoms with Gasteiger partial charge >= 0.3 is 0 Å². The summed E-state index contributed by atoms with van der Waals surface area (Å²) < 4.78 is 19.0. The van der Waals surface area contributed by atoms with Gasteiger partial charge in [0.25, 0.3) is 0 Å². The Hall–Kier alpha value is -1.61. The lowest BCUT2D eigenvalue weighted by Gasteiger charge is -2.08. The molecule has 1 aliphatic rings. The van der Waals surface area contributed by atoms with Crippen molar-refractivity contribution in [3.8, 4) is 5.75 Å². The Morgan fingerprint density at radius 1 is 1.35 bits per heavy atom. The van der Waals surface area contributed by atoms with Gasteiger partial charge in [0, 0.05) is 12.1 Å². The van der Waals surface area contributed by atoms with Crippen LogP contribution in [0.15, 0.2) is 30.1 Å². The molecule has 1 aliphatic carbocycles. The highest BCUT2D eigenvalue weighted by Gasteiger charge is 2.19. The number of methoxy groups -OCH3 is 1. The maximum Gasteiger partial charge on any atom is 0.131 e. The Morgan fingerprint density at radius 3 is 2.76 bits per heavy atom. The molecular formula is C14H16FNO. The van der Waals surface area contributed by atoms with Crippen molar-refractivity contribution in [1.29, 1.82) is 0 Å². The Kier molecular flexibility index (Phi) is 3.29. The van der Waals surface area contributed by atoms with E-state index in [1.165, 1.54) is 0 Å². The molecular weight excluding hydrogens is 217 g/mol. The average Bonchev–Trinajstić information content (AvgIpc) is 2.61. The molecule has 0 spiro atoms. The predicted octanol–water partition coefficient (Wildman–Crippen LogP) is 2.96. The van der Waals surface area contributed by atoms with Crippen molar-refractivity contribution in [2.75, 3.05) is 27.7 Å². The van der Waals surface area contributed by atoms with E-state index >= 15 is 0 Å². The smallest absolute Gasteiger partial charge is 0.131 e. The largest absolute Gasteiger partial charge is 0.497 e. The lowest BCUT2D eigenvalue weighted by Crippen LogP contribution is -2.11. The third-order valence-electron chi connectivity index (χ3n) is 2.75. The molecule has 17 heavy (non-hydrogen) atoms. The number of ether oxygens (including phenoxy) is 1. The van der Waals surface area contributed by atoms with E-state index in [0.717, 1.165) is 16.9 Å². The summed E-state index contributed by atoms with van der Waals surface area (Å²) in [6, 6.07) is 5.60. The Morgan fingerprint density at radius 2 is 2.12 bits per heavy atom. The molecule has 3 heteroatoms. The number of fused-ring (bicyclic) bond motifs is 1. The second-order valence-electron chi connectivity index (χ2n) is 4.33. The van der Waals surface area contributed by atoms with E-state index in [9.17, 15) is 4.39 Å². The highest BCUT2D eigenvalue weighted by Crippen LogP contribution is 2.37. The molecule has 0 radical (unpaired) electrons. The normalized spacial score (nSPS) is 16.3. The molecule has 0 aliphatic heterocycles. The molecule has 0 N–H and O–H groups in total. The first kappa shape index (κ1) is 11.9. The zero-order valence-corrected chi connectivity index (χ0v) is 10.3. The standard InChI is InChI=1S/C14H16FNO/c1-16(2)7-6-12-13-9-11(17-3)5-4-10(13)8-14(12)15/h4-6,8-9H,7H2,1-3H3/b12-6-. The van der Waals surface area contributed by atoms with Crippen molar-refractivity contribution in [2.24, 2.45) is 0 Å². The Balaban J connectivity index is 2.38. The minimum Gasteiger partial charge on any atom is -0.497 e. The van der Waals surface area contributed by atoms with E-state index in [1.807, 2.05) is 43.3 Å². The van der Waals surface area contributed by atoms with Gasteiger partial charge in [-0.2, -0.15) is 0 Å². The van der Waals surface area contributed by atoms with Crippen LogP contribution in [-0.2, 0) is 0 Å². The van der Waals surface area contributed by atoms with Crippen LogP contribution >= 0.6 is 0 Å². The van der Waals surface area contributed by atoms with Crippen LogP contribution < -0.4 is 4.74 Å². The molecule has 0 saturated carbocycles. The van der Waals surface area contributed by atoms with E-state index in [0.29, 0.717) is 12.1 Å². The summed E-state index contributed by atoms with van der Waals surface area (Å²) in [5.74, 6) is 0.581. The van der Waals surface area contributed by atoms with Gasteiger partial charge in [-0.3, -0.25) is 0 Å². The summed E-state index contributed by atoms with van der Waals surface area (Å²) >= 11 is 0. The van der Waals surface area contributed by atoms with Crippen molar-refractivity contribution in [2.45, 2.75) is 0 Å². The molecule has 0 atom stereocenters. The minimum absolute atomic E-state index is 0.171. The first-order valence-corrected chi connectivity index (χ1v) is 5.52. The second-order valence-corrected chi connectivity index (χ2v) is 4.33. The lowest BCUT2D eigenvalue weighted by atomic mass is 10.1. The quantitative estimate of drug-likeness (QED) is 0.795. The maximum atomic E-state index is 13.8. The van der Waals surface area contributed by atoms with Crippen LogP contribution in [0.2, 0.25) is 0 Å². The van der Waals surface area contributed by atoms with Gasteiger partial charge in [0.05, 0.1) is 7.11 Å². The number of hydrogen-bond acceptors (Lipinski definition) is 2. The highest BCUT2D eigenvalue weighted by atomic mass is 19.1. The van der Waals surface area contributed by atoms with Crippen LogP contribution in [0.3, 0.4) is 0 Å². The van der Waals surface area contributed by atoms with Crippen molar-refractivity contribution in [1.82, 2.24) is 4.90 Å². The third kappa shape index (κ3) is 2.39. The van der Waals surface area contributed by atoms with E-state index in [4.69, 9.17) is 4.74 Å². The number of allylic oxidation sites excluding steroid dienone is 2. The van der Waals surface area contributed by atoms with Gasteiger partial charge in [0.2, 0.25) is 0 Å². The van der Waals surface area contributed by atoms with Gasteiger partial charge in [-0.05, 0) is 43.4 Å². The monoisotopic (exact) mass is 233 g/mol. The van der Waals surface area contributed by atoms with Gasteiger partial charge in [-0.25, -0.2) is 4.39 Å². The molecule has 0 bridgehead atoms. The fraction of sp³-hybridized carbons (Fsp3) is 0.286. The lowest BCUT2D eigenvalue weighted by molar-refractivity contribution is 0.414. The Bertz CT molecular complexity index is 489. The van der Waals surface area contributed by atoms with E-state index in [2.05, 4.69) is 0 Å². The van der Waals surface area contributed by atoms with Gasteiger partial charge in [0.15, 0.2) is 0 Å². The third-order valence-corrected chi connectivity index (χ3v) is 2.75. The van der Waals surface area contributed by atoms with Crippen LogP contribution in [-0.4, -0.2) is 32.6 Å². The van der Waals surface area contributed by atoms with Crippen molar-refractivity contribution in [3.05, 3.63) is 41.2 Å².